The Labute approximate surface area is 135 Å². The highest BCUT2D eigenvalue weighted by molar-refractivity contribution is 5.66. The fourth-order valence-electron chi connectivity index (χ4n) is 3.35. The molecular weight excluding hydrogens is 274 g/mol. The van der Waals surface area contributed by atoms with Gasteiger partial charge in [0.05, 0.1) is 57.7 Å². The Morgan fingerprint density at radius 3 is 2.32 bits per heavy atom. The zero-order valence-electron chi connectivity index (χ0n) is 15.3. The van der Waals surface area contributed by atoms with Crippen molar-refractivity contribution in [2.24, 2.45) is 5.92 Å². The molecule has 2 atom stereocenters. The van der Waals surface area contributed by atoms with Gasteiger partial charge in [-0.15, -0.1) is 0 Å². The van der Waals surface area contributed by atoms with E-state index in [2.05, 4.69) is 37.5 Å². The average Bonchev–Trinajstić information content (AvgIpc) is 2.83. The van der Waals surface area contributed by atoms with E-state index in [1.54, 1.807) is 0 Å². The summed E-state index contributed by atoms with van der Waals surface area (Å²) in [4.78, 5) is 2.38. The summed E-state index contributed by atoms with van der Waals surface area (Å²) in [5, 5.41) is 4.86. The van der Waals surface area contributed by atoms with E-state index in [4.69, 9.17) is 10.8 Å². The number of nitrogens with two attached hydrogens (primary N) is 1. The number of piperazine rings is 1. The van der Waals surface area contributed by atoms with Gasteiger partial charge in [-0.2, -0.15) is 5.10 Å². The summed E-state index contributed by atoms with van der Waals surface area (Å²) in [7, 11) is 4.59. The van der Waals surface area contributed by atoms with Crippen LogP contribution in [0.4, 0.5) is 11.5 Å². The first-order valence-electron chi connectivity index (χ1n) is 8.83. The van der Waals surface area contributed by atoms with Crippen LogP contribution >= 0.6 is 0 Å². The van der Waals surface area contributed by atoms with E-state index >= 15 is 0 Å². The second-order valence-electron chi connectivity index (χ2n) is 7.26. The first-order valence-corrected chi connectivity index (χ1v) is 8.83. The largest absolute Gasteiger partial charge is 0.394 e. The third-order valence-corrected chi connectivity index (χ3v) is 5.33. The lowest BCUT2D eigenvalue weighted by molar-refractivity contribution is -0.890. The normalized spacial score (nSPS) is 26.9. The van der Waals surface area contributed by atoms with E-state index in [-0.39, 0.29) is 0 Å². The zero-order chi connectivity index (χ0) is 16.5. The molecule has 3 rings (SSSR count). The number of nitrogen functional groups attached to an aromatic ring is 1. The van der Waals surface area contributed by atoms with Crippen LogP contribution in [-0.4, -0.2) is 54.5 Å². The van der Waals surface area contributed by atoms with Crippen molar-refractivity contribution in [3.63, 3.8) is 0 Å². The van der Waals surface area contributed by atoms with E-state index in [9.17, 15) is 0 Å². The summed E-state index contributed by atoms with van der Waals surface area (Å²) in [5.41, 5.74) is 8.58. The number of quaternary nitrogens is 1. The number of rotatable bonds is 1. The van der Waals surface area contributed by atoms with Crippen LogP contribution < -0.4 is 10.6 Å². The van der Waals surface area contributed by atoms with Crippen molar-refractivity contribution in [2.45, 2.75) is 46.6 Å². The molecule has 0 aliphatic carbocycles. The third kappa shape index (κ3) is 3.09. The van der Waals surface area contributed by atoms with Gasteiger partial charge in [0.25, 0.3) is 0 Å². The monoisotopic (exact) mass is 308 g/mol. The van der Waals surface area contributed by atoms with Crippen LogP contribution in [0.2, 0.25) is 0 Å². The molecule has 2 unspecified atom stereocenters. The highest BCUT2D eigenvalue weighted by Crippen LogP contribution is 2.37. The van der Waals surface area contributed by atoms with Crippen LogP contribution in [-0.2, 0) is 6.42 Å². The summed E-state index contributed by atoms with van der Waals surface area (Å²) < 4.78 is 3.28. The number of aromatic nitrogens is 2. The molecule has 5 heteroatoms. The molecule has 5 nitrogen and oxygen atoms in total. The minimum atomic E-state index is 0.465. The minimum Gasteiger partial charge on any atom is -0.394 e. The molecule has 0 amide bonds. The van der Waals surface area contributed by atoms with E-state index in [1.165, 1.54) is 12.1 Å². The predicted molar refractivity (Wildman–Crippen MR) is 94.2 cm³/mol. The third-order valence-electron chi connectivity index (χ3n) is 5.33. The van der Waals surface area contributed by atoms with Crippen LogP contribution in [0.1, 0.15) is 45.9 Å². The predicted octanol–water partition coefficient (Wildman–Crippen LogP) is 2.53. The molecule has 0 radical (unpaired) electrons. The number of hydrogen-bond acceptors (Lipinski definition) is 3. The first-order chi connectivity index (χ1) is 10.4. The Hall–Kier alpha value is -1.23. The van der Waals surface area contributed by atoms with Crippen LogP contribution in [0.15, 0.2) is 0 Å². The molecule has 0 bridgehead atoms. The van der Waals surface area contributed by atoms with E-state index in [1.807, 2.05) is 13.8 Å². The second kappa shape index (κ2) is 6.49. The summed E-state index contributed by atoms with van der Waals surface area (Å²) in [6.45, 7) is 13.0. The maximum atomic E-state index is 6.40. The number of fused-ring (bicyclic) bond motifs is 1. The summed E-state index contributed by atoms with van der Waals surface area (Å²) in [5.74, 6) is 1.72. The molecule has 2 N–H and O–H groups in total. The first kappa shape index (κ1) is 17.1. The average molecular weight is 308 g/mol. The van der Waals surface area contributed by atoms with Gasteiger partial charge >= 0.3 is 0 Å². The maximum absolute atomic E-state index is 6.40. The molecule has 22 heavy (non-hydrogen) atoms. The SMILES string of the molecule is CC.CC1CCc2c(N)c(N3CC[N+](C)(C)CC3)nn2C1C. The lowest BCUT2D eigenvalue weighted by Crippen LogP contribution is -2.55. The lowest BCUT2D eigenvalue weighted by Gasteiger charge is -2.39. The van der Waals surface area contributed by atoms with Crippen LogP contribution in [0.3, 0.4) is 0 Å². The highest BCUT2D eigenvalue weighted by atomic mass is 15.4. The van der Waals surface area contributed by atoms with Gasteiger partial charge in [-0.05, 0) is 25.7 Å². The maximum Gasteiger partial charge on any atom is 0.174 e. The molecule has 0 spiro atoms. The second-order valence-corrected chi connectivity index (χ2v) is 7.26. The standard InChI is InChI=1S/C15H28N5.C2H6/c1-11-5-6-13-14(16)15(17-19(13)12(11)2)18-7-9-20(3,4)10-8-18;1-2/h11-12H,5-10,16H2,1-4H3;1-2H3/q+1;. The van der Waals surface area contributed by atoms with Crippen molar-refractivity contribution in [3.05, 3.63) is 5.69 Å². The molecule has 0 aromatic carbocycles. The molecule has 1 saturated heterocycles. The minimum absolute atomic E-state index is 0.465. The van der Waals surface area contributed by atoms with Gasteiger partial charge in [-0.1, -0.05) is 20.8 Å². The van der Waals surface area contributed by atoms with Gasteiger partial charge in [-0.3, -0.25) is 4.68 Å². The van der Waals surface area contributed by atoms with Crippen LogP contribution in [0, 0.1) is 5.92 Å². The lowest BCUT2D eigenvalue weighted by atomic mass is 9.93. The van der Waals surface area contributed by atoms with Gasteiger partial charge in [0, 0.05) is 0 Å². The smallest absolute Gasteiger partial charge is 0.174 e. The van der Waals surface area contributed by atoms with Crippen molar-refractivity contribution in [1.29, 1.82) is 0 Å². The Kier molecular flexibility index (Phi) is 5.05. The van der Waals surface area contributed by atoms with Crippen molar-refractivity contribution in [3.8, 4) is 0 Å². The van der Waals surface area contributed by atoms with Gasteiger partial charge in [0.1, 0.15) is 0 Å². The molecule has 3 heterocycles. The van der Waals surface area contributed by atoms with Crippen molar-refractivity contribution < 1.29 is 4.48 Å². The summed E-state index contributed by atoms with van der Waals surface area (Å²) in [6.07, 6.45) is 2.29. The van der Waals surface area contributed by atoms with Crippen LogP contribution in [0.25, 0.3) is 0 Å². The van der Waals surface area contributed by atoms with E-state index < -0.39 is 0 Å². The molecule has 2 aliphatic rings. The van der Waals surface area contributed by atoms with Crippen LogP contribution in [0.5, 0.6) is 0 Å². The molecule has 1 fully saturated rings. The molecular formula is C17H34N5+. The molecule has 126 valence electrons. The fraction of sp³-hybridized carbons (Fsp3) is 0.824. The number of likely N-dealkylation sites (N-methyl/N-ethyl adjacent to an activating group) is 1. The van der Waals surface area contributed by atoms with E-state index in [0.717, 1.165) is 48.6 Å². The van der Waals surface area contributed by atoms with E-state index in [0.29, 0.717) is 12.0 Å². The Morgan fingerprint density at radius 2 is 1.73 bits per heavy atom. The van der Waals surface area contributed by atoms with Gasteiger partial charge < -0.3 is 15.1 Å². The quantitative estimate of drug-likeness (QED) is 0.811. The Bertz CT molecular complexity index is 495. The fourth-order valence-corrected chi connectivity index (χ4v) is 3.35. The number of hydrogen-bond donors (Lipinski definition) is 1. The van der Waals surface area contributed by atoms with Crippen molar-refractivity contribution >= 4 is 11.5 Å². The van der Waals surface area contributed by atoms with Crippen molar-refractivity contribution in [1.82, 2.24) is 9.78 Å². The van der Waals surface area contributed by atoms with Gasteiger partial charge in [0.15, 0.2) is 5.82 Å². The molecule has 1 aromatic rings. The summed E-state index contributed by atoms with van der Waals surface area (Å²) >= 11 is 0. The zero-order valence-corrected chi connectivity index (χ0v) is 15.3. The highest BCUT2D eigenvalue weighted by Gasteiger charge is 2.32. The number of anilines is 2. The Balaban J connectivity index is 0.000000847. The van der Waals surface area contributed by atoms with Gasteiger partial charge in [-0.25, -0.2) is 0 Å². The number of nitrogens with zero attached hydrogens (tertiary/aromatic N) is 4. The van der Waals surface area contributed by atoms with Gasteiger partial charge in [0.2, 0.25) is 0 Å². The summed E-state index contributed by atoms with van der Waals surface area (Å²) in [6, 6.07) is 0.465. The molecule has 0 saturated carbocycles. The Morgan fingerprint density at radius 1 is 1.14 bits per heavy atom. The van der Waals surface area contributed by atoms with Crippen molar-refractivity contribution in [2.75, 3.05) is 50.9 Å². The molecule has 1 aromatic heterocycles. The molecule has 2 aliphatic heterocycles. The topological polar surface area (TPSA) is 47.1 Å².